The maximum absolute atomic E-state index is 12.6. The van der Waals surface area contributed by atoms with E-state index in [1.807, 2.05) is 0 Å². The molecule has 0 N–H and O–H groups in total. The van der Waals surface area contributed by atoms with Crippen LogP contribution in [-0.2, 0) is 4.74 Å². The number of rotatable bonds is 2. The molecule has 15 heavy (non-hydrogen) atoms. The molecule has 6 heteroatoms. The Kier molecular flexibility index (Phi) is 2.86. The second-order valence-electron chi connectivity index (χ2n) is 3.07. The third-order valence-electron chi connectivity index (χ3n) is 2.09. The fourth-order valence-corrected chi connectivity index (χ4v) is 1.72. The van der Waals surface area contributed by atoms with Crippen molar-refractivity contribution in [2.45, 2.75) is 6.04 Å². The maximum atomic E-state index is 12.6. The summed E-state index contributed by atoms with van der Waals surface area (Å²) in [5, 5.41) is 0. The van der Waals surface area contributed by atoms with Crippen molar-refractivity contribution in [1.29, 1.82) is 0 Å². The highest BCUT2D eigenvalue weighted by Crippen LogP contribution is 2.22. The second-order valence-corrected chi connectivity index (χ2v) is 3.89. The van der Waals surface area contributed by atoms with Gasteiger partial charge in [-0.05, 0) is 28.1 Å². The summed E-state index contributed by atoms with van der Waals surface area (Å²) >= 11 is 3.19. The van der Waals surface area contributed by atoms with E-state index in [2.05, 4.69) is 20.9 Å². The normalized spacial score (nSPS) is 20.5. The first kappa shape index (κ1) is 10.4. The molecule has 0 aliphatic carbocycles. The van der Waals surface area contributed by atoms with Gasteiger partial charge in [0.1, 0.15) is 29.7 Å². The number of ether oxygens (including phenoxy) is 1. The number of nitrogens with zero attached hydrogens (tertiary/aromatic N) is 2. The van der Waals surface area contributed by atoms with Crippen molar-refractivity contribution in [3.63, 3.8) is 0 Å². The fourth-order valence-electron chi connectivity index (χ4n) is 1.39. The van der Waals surface area contributed by atoms with Crippen LogP contribution in [0.5, 0.6) is 0 Å². The molecule has 4 nitrogen and oxygen atoms in total. The monoisotopic (exact) mass is 274 g/mol. The number of cyclic esters (lactones) is 1. The van der Waals surface area contributed by atoms with Crippen LogP contribution in [-0.4, -0.2) is 30.4 Å². The van der Waals surface area contributed by atoms with Gasteiger partial charge in [-0.1, -0.05) is 6.07 Å². The number of hydrogen-bond acceptors (Lipinski definition) is 3. The molecule has 2 heterocycles. The lowest BCUT2D eigenvalue weighted by atomic mass is 10.3. The topological polar surface area (TPSA) is 42.4 Å². The van der Waals surface area contributed by atoms with Gasteiger partial charge in [-0.15, -0.1) is 0 Å². The number of amides is 1. The van der Waals surface area contributed by atoms with E-state index in [9.17, 15) is 9.18 Å². The van der Waals surface area contributed by atoms with E-state index >= 15 is 0 Å². The zero-order valence-electron chi connectivity index (χ0n) is 7.69. The van der Waals surface area contributed by atoms with Gasteiger partial charge < -0.3 is 4.74 Å². The van der Waals surface area contributed by atoms with Gasteiger partial charge in [0.15, 0.2) is 0 Å². The van der Waals surface area contributed by atoms with Crippen LogP contribution in [0.2, 0.25) is 0 Å². The summed E-state index contributed by atoms with van der Waals surface area (Å²) in [6, 6.07) is 4.53. The predicted molar refractivity (Wildman–Crippen MR) is 55.5 cm³/mol. The molecule has 1 aliphatic rings. The minimum absolute atomic E-state index is 0.0729. The van der Waals surface area contributed by atoms with Crippen molar-refractivity contribution in [2.75, 3.05) is 18.2 Å². The molecule has 0 spiro atoms. The molecule has 1 aromatic heterocycles. The van der Waals surface area contributed by atoms with Crippen molar-refractivity contribution >= 4 is 27.8 Å². The van der Waals surface area contributed by atoms with E-state index in [1.54, 1.807) is 18.2 Å². The van der Waals surface area contributed by atoms with Crippen LogP contribution < -0.4 is 4.90 Å². The fraction of sp³-hybridized carbons (Fsp3) is 0.333. The molecule has 0 unspecified atom stereocenters. The number of aromatic nitrogens is 1. The molecular weight excluding hydrogens is 267 g/mol. The largest absolute Gasteiger partial charge is 0.447 e. The minimum Gasteiger partial charge on any atom is -0.447 e. The van der Waals surface area contributed by atoms with E-state index in [-0.39, 0.29) is 6.61 Å². The number of alkyl halides is 1. The molecule has 0 aromatic carbocycles. The van der Waals surface area contributed by atoms with Crippen LogP contribution in [0.25, 0.3) is 0 Å². The zero-order chi connectivity index (χ0) is 10.8. The molecule has 1 atom stereocenters. The van der Waals surface area contributed by atoms with E-state index in [1.165, 1.54) is 4.90 Å². The number of halogens is 2. The summed E-state index contributed by atoms with van der Waals surface area (Å²) < 4.78 is 17.9. The van der Waals surface area contributed by atoms with Crippen molar-refractivity contribution in [3.05, 3.63) is 22.8 Å². The van der Waals surface area contributed by atoms with Gasteiger partial charge in [0.05, 0.1) is 0 Å². The van der Waals surface area contributed by atoms with Crippen LogP contribution in [0.1, 0.15) is 0 Å². The third-order valence-corrected chi connectivity index (χ3v) is 2.53. The molecule has 1 saturated heterocycles. The lowest BCUT2D eigenvalue weighted by Crippen LogP contribution is -2.35. The molecule has 0 radical (unpaired) electrons. The summed E-state index contributed by atoms with van der Waals surface area (Å²) in [5.74, 6) is 0.398. The Bertz CT molecular complexity index is 388. The zero-order valence-corrected chi connectivity index (χ0v) is 9.28. The molecule has 0 saturated carbocycles. The third kappa shape index (κ3) is 1.94. The average Bonchev–Trinajstić information content (AvgIpc) is 2.59. The van der Waals surface area contributed by atoms with Gasteiger partial charge in [0, 0.05) is 0 Å². The number of carbonyl (C=O) groups excluding carboxylic acids is 1. The van der Waals surface area contributed by atoms with Crippen LogP contribution in [0.15, 0.2) is 22.8 Å². The van der Waals surface area contributed by atoms with Crippen LogP contribution in [0.4, 0.5) is 15.0 Å². The maximum Gasteiger partial charge on any atom is 0.416 e. The SMILES string of the molecule is O=C1OC[C@H](CF)N1c1cccc(Br)n1. The molecular formula is C9H8BrFN2O2. The highest BCUT2D eigenvalue weighted by Gasteiger charge is 2.35. The lowest BCUT2D eigenvalue weighted by Gasteiger charge is -2.17. The average molecular weight is 275 g/mol. The van der Waals surface area contributed by atoms with Gasteiger partial charge in [0.2, 0.25) is 0 Å². The van der Waals surface area contributed by atoms with E-state index in [0.717, 1.165) is 0 Å². The van der Waals surface area contributed by atoms with Crippen molar-refractivity contribution in [3.8, 4) is 0 Å². The van der Waals surface area contributed by atoms with Gasteiger partial charge in [-0.3, -0.25) is 4.90 Å². The molecule has 1 amide bonds. The number of pyridine rings is 1. The van der Waals surface area contributed by atoms with Gasteiger partial charge >= 0.3 is 6.09 Å². The van der Waals surface area contributed by atoms with E-state index in [0.29, 0.717) is 10.4 Å². The summed E-state index contributed by atoms with van der Waals surface area (Å²) in [6.07, 6.45) is -0.553. The Balaban J connectivity index is 2.32. The number of hydrogen-bond donors (Lipinski definition) is 0. The Hall–Kier alpha value is -1.17. The Morgan fingerprint density at radius 2 is 2.47 bits per heavy atom. The first-order valence-electron chi connectivity index (χ1n) is 4.37. The van der Waals surface area contributed by atoms with Gasteiger partial charge in [0.25, 0.3) is 0 Å². The summed E-state index contributed by atoms with van der Waals surface area (Å²) in [6.45, 7) is -0.566. The Morgan fingerprint density at radius 3 is 3.13 bits per heavy atom. The van der Waals surface area contributed by atoms with Crippen molar-refractivity contribution < 1.29 is 13.9 Å². The summed E-state index contributed by atoms with van der Waals surface area (Å²) in [4.78, 5) is 16.6. The smallest absolute Gasteiger partial charge is 0.416 e. The Morgan fingerprint density at radius 1 is 1.67 bits per heavy atom. The van der Waals surface area contributed by atoms with Crippen molar-refractivity contribution in [1.82, 2.24) is 4.98 Å². The van der Waals surface area contributed by atoms with Crippen LogP contribution in [0.3, 0.4) is 0 Å². The van der Waals surface area contributed by atoms with E-state index in [4.69, 9.17) is 4.74 Å². The first-order valence-corrected chi connectivity index (χ1v) is 5.16. The highest BCUT2D eigenvalue weighted by atomic mass is 79.9. The van der Waals surface area contributed by atoms with E-state index < -0.39 is 18.8 Å². The number of anilines is 1. The first-order chi connectivity index (χ1) is 7.22. The van der Waals surface area contributed by atoms with Gasteiger partial charge in [-0.2, -0.15) is 0 Å². The van der Waals surface area contributed by atoms with Crippen molar-refractivity contribution in [2.24, 2.45) is 0 Å². The van der Waals surface area contributed by atoms with Crippen LogP contribution in [0, 0.1) is 0 Å². The summed E-state index contributed by atoms with van der Waals surface area (Å²) in [7, 11) is 0. The quantitative estimate of drug-likeness (QED) is 0.776. The van der Waals surface area contributed by atoms with Crippen LogP contribution >= 0.6 is 15.9 Å². The minimum atomic E-state index is -0.639. The Labute approximate surface area is 94.2 Å². The molecule has 1 aliphatic heterocycles. The number of carbonyl (C=O) groups is 1. The summed E-state index contributed by atoms with van der Waals surface area (Å²) in [5.41, 5.74) is 0. The second kappa shape index (κ2) is 4.14. The predicted octanol–water partition coefficient (Wildman–Crippen LogP) is 2.14. The molecule has 1 fully saturated rings. The molecule has 1 aromatic rings. The molecule has 0 bridgehead atoms. The van der Waals surface area contributed by atoms with Gasteiger partial charge in [-0.25, -0.2) is 14.2 Å². The highest BCUT2D eigenvalue weighted by molar-refractivity contribution is 9.10. The molecule has 80 valence electrons. The molecule has 2 rings (SSSR count). The lowest BCUT2D eigenvalue weighted by molar-refractivity contribution is 0.177. The standard InChI is InChI=1S/C9H8BrFN2O2/c10-7-2-1-3-8(12-7)13-6(4-11)5-15-9(13)14/h1-3,6H,4-5H2/t6-/m0/s1.